The summed E-state index contributed by atoms with van der Waals surface area (Å²) in [5.74, 6) is -4.58. The number of ketones is 2. The molecule has 1 aliphatic carbocycles. The minimum absolute atomic E-state index is 0.0560. The highest BCUT2D eigenvalue weighted by molar-refractivity contribution is 6.27. The van der Waals surface area contributed by atoms with Crippen molar-refractivity contribution in [3.63, 3.8) is 0 Å². The predicted molar refractivity (Wildman–Crippen MR) is 68.9 cm³/mol. The number of esters is 1. The molecule has 4 nitrogen and oxygen atoms in total. The third kappa shape index (κ3) is 1.94. The normalized spacial score (nSPS) is 20.5. The molecule has 1 aromatic rings. The van der Waals surface area contributed by atoms with Gasteiger partial charge in [-0.15, -0.1) is 0 Å². The van der Waals surface area contributed by atoms with E-state index in [2.05, 4.69) is 0 Å². The zero-order valence-electron chi connectivity index (χ0n) is 11.5. The first kappa shape index (κ1) is 14.4. The van der Waals surface area contributed by atoms with E-state index in [0.29, 0.717) is 5.56 Å². The first-order valence-corrected chi connectivity index (χ1v) is 6.36. The van der Waals surface area contributed by atoms with Crippen molar-refractivity contribution in [1.29, 1.82) is 0 Å². The van der Waals surface area contributed by atoms with Crippen LogP contribution in [0.1, 0.15) is 36.7 Å². The molecular formula is C15H15FO4. The van der Waals surface area contributed by atoms with E-state index in [1.165, 1.54) is 12.1 Å². The smallest absolute Gasteiger partial charge is 0.324 e. The molecular weight excluding hydrogens is 263 g/mol. The molecule has 1 aromatic carbocycles. The van der Waals surface area contributed by atoms with Crippen molar-refractivity contribution >= 4 is 17.5 Å². The second kappa shape index (κ2) is 4.81. The Morgan fingerprint density at radius 3 is 2.60 bits per heavy atom. The Bertz CT molecular complexity index is 604. The molecule has 0 bridgehead atoms. The summed E-state index contributed by atoms with van der Waals surface area (Å²) in [5.41, 5.74) is -0.980. The van der Waals surface area contributed by atoms with Gasteiger partial charge >= 0.3 is 5.97 Å². The number of rotatable bonds is 2. The molecule has 0 aliphatic heterocycles. The van der Waals surface area contributed by atoms with Gasteiger partial charge in [0.25, 0.3) is 0 Å². The monoisotopic (exact) mass is 278 g/mol. The van der Waals surface area contributed by atoms with Crippen molar-refractivity contribution in [3.05, 3.63) is 35.1 Å². The Balaban J connectivity index is 2.63. The zero-order chi connectivity index (χ0) is 15.1. The number of hydrogen-bond acceptors (Lipinski definition) is 4. The van der Waals surface area contributed by atoms with Gasteiger partial charge < -0.3 is 4.74 Å². The fourth-order valence-electron chi connectivity index (χ4n) is 2.49. The van der Waals surface area contributed by atoms with E-state index in [9.17, 15) is 18.8 Å². The van der Waals surface area contributed by atoms with E-state index in [-0.39, 0.29) is 12.2 Å². The van der Waals surface area contributed by atoms with Crippen LogP contribution in [0.4, 0.5) is 4.39 Å². The van der Waals surface area contributed by atoms with Crippen LogP contribution >= 0.6 is 0 Å². The maximum absolute atomic E-state index is 13.9. The van der Waals surface area contributed by atoms with E-state index < -0.39 is 34.7 Å². The van der Waals surface area contributed by atoms with Gasteiger partial charge in [-0.05, 0) is 32.4 Å². The van der Waals surface area contributed by atoms with Crippen LogP contribution in [0.5, 0.6) is 0 Å². The average Bonchev–Trinajstić information content (AvgIpc) is 2.37. The minimum atomic E-state index is -1.57. The lowest BCUT2D eigenvalue weighted by atomic mass is 9.66. The van der Waals surface area contributed by atoms with Crippen molar-refractivity contribution in [2.45, 2.75) is 26.2 Å². The second-order valence-corrected chi connectivity index (χ2v) is 5.20. The SMILES string of the molecule is CCOC(=O)C1C(=O)c2c(F)cccc2C(C)(C)C1=O. The van der Waals surface area contributed by atoms with Crippen LogP contribution < -0.4 is 0 Å². The molecule has 0 aromatic heterocycles. The van der Waals surface area contributed by atoms with Crippen LogP contribution in [0.3, 0.4) is 0 Å². The molecule has 0 radical (unpaired) electrons. The average molecular weight is 278 g/mol. The molecule has 0 N–H and O–H groups in total. The van der Waals surface area contributed by atoms with Crippen LogP contribution in [-0.4, -0.2) is 24.1 Å². The Kier molecular flexibility index (Phi) is 3.46. The number of fused-ring (bicyclic) bond motifs is 1. The quantitative estimate of drug-likeness (QED) is 0.613. The van der Waals surface area contributed by atoms with Crippen LogP contribution in [0, 0.1) is 11.7 Å². The van der Waals surface area contributed by atoms with Gasteiger partial charge in [0.1, 0.15) is 5.82 Å². The molecule has 0 spiro atoms. The summed E-state index contributed by atoms with van der Waals surface area (Å²) in [6.45, 7) is 4.79. The lowest BCUT2D eigenvalue weighted by molar-refractivity contribution is -0.150. The highest BCUT2D eigenvalue weighted by atomic mass is 19.1. The molecule has 1 atom stereocenters. The van der Waals surface area contributed by atoms with E-state index in [1.54, 1.807) is 20.8 Å². The highest BCUT2D eigenvalue weighted by Gasteiger charge is 2.51. The molecule has 20 heavy (non-hydrogen) atoms. The number of Topliss-reactive ketones (excluding diaryl/α,β-unsaturated/α-hetero) is 2. The molecule has 0 heterocycles. The maximum atomic E-state index is 13.9. The molecule has 0 saturated carbocycles. The van der Waals surface area contributed by atoms with Crippen LogP contribution in [0.25, 0.3) is 0 Å². The Labute approximate surface area is 115 Å². The number of halogens is 1. The summed E-state index contributed by atoms with van der Waals surface area (Å²) in [6, 6.07) is 4.13. The Morgan fingerprint density at radius 2 is 2.00 bits per heavy atom. The van der Waals surface area contributed by atoms with Gasteiger partial charge in [0.15, 0.2) is 17.5 Å². The van der Waals surface area contributed by atoms with Crippen molar-refractivity contribution < 1.29 is 23.5 Å². The van der Waals surface area contributed by atoms with Gasteiger partial charge in [-0.3, -0.25) is 14.4 Å². The maximum Gasteiger partial charge on any atom is 0.324 e. The fourth-order valence-corrected chi connectivity index (χ4v) is 2.49. The highest BCUT2D eigenvalue weighted by Crippen LogP contribution is 2.38. The number of hydrogen-bond donors (Lipinski definition) is 0. The lowest BCUT2D eigenvalue weighted by Crippen LogP contribution is -2.48. The molecule has 1 unspecified atom stereocenters. The molecule has 5 heteroatoms. The number of ether oxygens (including phenoxy) is 1. The van der Waals surface area contributed by atoms with E-state index in [1.807, 2.05) is 0 Å². The van der Waals surface area contributed by atoms with Gasteiger partial charge in [-0.25, -0.2) is 4.39 Å². The summed E-state index contributed by atoms with van der Waals surface area (Å²) in [7, 11) is 0. The Hall–Kier alpha value is -2.04. The first-order chi connectivity index (χ1) is 9.32. The van der Waals surface area contributed by atoms with Gasteiger partial charge in [0, 0.05) is 0 Å². The van der Waals surface area contributed by atoms with Crippen LogP contribution in [0.2, 0.25) is 0 Å². The standard InChI is InChI=1S/C15H15FO4/c1-4-20-14(19)11-12(17)10-8(6-5-7-9(10)16)15(2,3)13(11)18/h5-7,11H,4H2,1-3H3. The van der Waals surface area contributed by atoms with Crippen molar-refractivity contribution in [1.82, 2.24) is 0 Å². The van der Waals surface area contributed by atoms with Gasteiger partial charge in [-0.1, -0.05) is 12.1 Å². The molecule has 2 rings (SSSR count). The van der Waals surface area contributed by atoms with E-state index >= 15 is 0 Å². The summed E-state index contributed by atoms with van der Waals surface area (Å²) >= 11 is 0. The topological polar surface area (TPSA) is 60.4 Å². The van der Waals surface area contributed by atoms with Crippen molar-refractivity contribution in [2.75, 3.05) is 6.61 Å². The van der Waals surface area contributed by atoms with Gasteiger partial charge in [0.05, 0.1) is 17.6 Å². The van der Waals surface area contributed by atoms with Gasteiger partial charge in [0.2, 0.25) is 0 Å². The summed E-state index contributed by atoms with van der Waals surface area (Å²) in [4.78, 5) is 36.5. The van der Waals surface area contributed by atoms with E-state index in [4.69, 9.17) is 4.74 Å². The number of carbonyl (C=O) groups excluding carboxylic acids is 3. The van der Waals surface area contributed by atoms with Crippen molar-refractivity contribution in [3.8, 4) is 0 Å². The molecule has 0 saturated heterocycles. The van der Waals surface area contributed by atoms with Gasteiger partial charge in [-0.2, -0.15) is 0 Å². The third-order valence-electron chi connectivity index (χ3n) is 3.60. The molecule has 1 aliphatic rings. The summed E-state index contributed by atoms with van der Waals surface area (Å²) in [5, 5.41) is 0. The Morgan fingerprint density at radius 1 is 1.35 bits per heavy atom. The molecule has 106 valence electrons. The van der Waals surface area contributed by atoms with Crippen LogP contribution in [-0.2, 0) is 19.7 Å². The number of benzene rings is 1. The predicted octanol–water partition coefficient (Wildman–Crippen LogP) is 2.05. The van der Waals surface area contributed by atoms with E-state index in [0.717, 1.165) is 6.07 Å². The molecule has 0 amide bonds. The molecule has 0 fully saturated rings. The minimum Gasteiger partial charge on any atom is -0.465 e. The summed E-state index contributed by atoms with van der Waals surface area (Å²) in [6.07, 6.45) is 0. The largest absolute Gasteiger partial charge is 0.465 e. The first-order valence-electron chi connectivity index (χ1n) is 6.36. The third-order valence-corrected chi connectivity index (χ3v) is 3.60. The fraction of sp³-hybridized carbons (Fsp3) is 0.400. The van der Waals surface area contributed by atoms with Crippen molar-refractivity contribution in [2.24, 2.45) is 5.92 Å². The zero-order valence-corrected chi connectivity index (χ0v) is 11.5. The second-order valence-electron chi connectivity index (χ2n) is 5.20. The van der Waals surface area contributed by atoms with Crippen LogP contribution in [0.15, 0.2) is 18.2 Å². The number of carbonyl (C=O) groups is 3. The lowest BCUT2D eigenvalue weighted by Gasteiger charge is -2.33. The summed E-state index contributed by atoms with van der Waals surface area (Å²) < 4.78 is 18.7.